The van der Waals surface area contributed by atoms with E-state index in [4.69, 9.17) is 0 Å². The fourth-order valence-electron chi connectivity index (χ4n) is 2.06. The molecule has 1 unspecified atom stereocenters. The molecule has 1 aromatic rings. The van der Waals surface area contributed by atoms with Crippen LogP contribution in [0.15, 0.2) is 24.3 Å². The molecule has 19 heavy (non-hydrogen) atoms. The van der Waals surface area contributed by atoms with E-state index >= 15 is 0 Å². The molecule has 0 aliphatic carbocycles. The van der Waals surface area contributed by atoms with Crippen LogP contribution in [0.4, 0.5) is 5.69 Å². The highest BCUT2D eigenvalue weighted by atomic mass is 79.9. The first-order chi connectivity index (χ1) is 9.15. The molecule has 1 amide bonds. The fourth-order valence-corrected chi connectivity index (χ4v) is 2.46. The molecule has 2 nitrogen and oxygen atoms in total. The van der Waals surface area contributed by atoms with Crippen molar-refractivity contribution in [3.05, 3.63) is 29.8 Å². The van der Waals surface area contributed by atoms with Crippen molar-refractivity contribution in [2.45, 2.75) is 57.2 Å². The van der Waals surface area contributed by atoms with Gasteiger partial charge in [-0.3, -0.25) is 4.79 Å². The molecule has 1 aromatic carbocycles. The van der Waals surface area contributed by atoms with Crippen LogP contribution in [0.3, 0.4) is 0 Å². The third-order valence-corrected chi connectivity index (χ3v) is 3.66. The van der Waals surface area contributed by atoms with Crippen LogP contribution in [0.5, 0.6) is 0 Å². The van der Waals surface area contributed by atoms with Crippen LogP contribution >= 0.6 is 15.9 Å². The average Bonchev–Trinajstić information content (AvgIpc) is 2.39. The molecule has 0 radical (unpaired) electrons. The molecule has 1 N–H and O–H groups in total. The van der Waals surface area contributed by atoms with Crippen LogP contribution < -0.4 is 5.32 Å². The van der Waals surface area contributed by atoms with Gasteiger partial charge in [0.05, 0.1) is 0 Å². The second-order valence-electron chi connectivity index (χ2n) is 4.92. The zero-order valence-electron chi connectivity index (χ0n) is 11.9. The average molecular weight is 326 g/mol. The van der Waals surface area contributed by atoms with Gasteiger partial charge in [0.25, 0.3) is 0 Å². The Balaban J connectivity index is 2.40. The van der Waals surface area contributed by atoms with Crippen LogP contribution in [0.25, 0.3) is 0 Å². The summed E-state index contributed by atoms with van der Waals surface area (Å²) >= 11 is 3.55. The minimum atomic E-state index is 0.122. The van der Waals surface area contributed by atoms with E-state index < -0.39 is 0 Å². The number of anilines is 1. The Morgan fingerprint density at radius 1 is 1.21 bits per heavy atom. The van der Waals surface area contributed by atoms with Crippen LogP contribution in [0.2, 0.25) is 0 Å². The van der Waals surface area contributed by atoms with E-state index in [0.717, 1.165) is 24.1 Å². The molecule has 0 bridgehead atoms. The van der Waals surface area contributed by atoms with E-state index in [-0.39, 0.29) is 10.7 Å². The van der Waals surface area contributed by atoms with Gasteiger partial charge in [0.15, 0.2) is 0 Å². The van der Waals surface area contributed by atoms with Gasteiger partial charge in [-0.05, 0) is 25.0 Å². The fraction of sp³-hybridized carbons (Fsp3) is 0.562. The molecule has 106 valence electrons. The minimum Gasteiger partial charge on any atom is -0.326 e. The Morgan fingerprint density at radius 3 is 2.58 bits per heavy atom. The van der Waals surface area contributed by atoms with Crippen molar-refractivity contribution in [3.8, 4) is 0 Å². The molecule has 1 atom stereocenters. The number of amides is 1. The van der Waals surface area contributed by atoms with Gasteiger partial charge < -0.3 is 5.32 Å². The largest absolute Gasteiger partial charge is 0.326 e. The second-order valence-corrected chi connectivity index (χ2v) is 6.29. The van der Waals surface area contributed by atoms with Crippen LogP contribution in [0.1, 0.15) is 62.8 Å². The summed E-state index contributed by atoms with van der Waals surface area (Å²) in [7, 11) is 0. The first-order valence-corrected chi connectivity index (χ1v) is 8.09. The molecular formula is C16H24BrNO. The van der Waals surface area contributed by atoms with Crippen molar-refractivity contribution in [2.75, 3.05) is 5.32 Å². The number of alkyl halides is 1. The Labute approximate surface area is 125 Å². The maximum absolute atomic E-state index is 11.9. The van der Waals surface area contributed by atoms with Gasteiger partial charge in [0.1, 0.15) is 0 Å². The lowest BCUT2D eigenvalue weighted by molar-refractivity contribution is -0.116. The topological polar surface area (TPSA) is 29.1 Å². The van der Waals surface area contributed by atoms with E-state index in [9.17, 15) is 4.79 Å². The first kappa shape index (κ1) is 16.2. The molecule has 0 aromatic heterocycles. The summed E-state index contributed by atoms with van der Waals surface area (Å²) in [5.74, 6) is 0.122. The number of unbranched alkanes of at least 4 members (excludes halogenated alkanes) is 4. The van der Waals surface area contributed by atoms with Gasteiger partial charge in [-0.2, -0.15) is 0 Å². The number of hydrogen-bond acceptors (Lipinski definition) is 1. The van der Waals surface area contributed by atoms with Gasteiger partial charge in [0, 0.05) is 16.9 Å². The summed E-state index contributed by atoms with van der Waals surface area (Å²) in [5.41, 5.74) is 2.05. The van der Waals surface area contributed by atoms with Gasteiger partial charge in [0.2, 0.25) is 5.91 Å². The van der Waals surface area contributed by atoms with E-state index in [1.165, 1.54) is 19.3 Å². The molecule has 0 aliphatic rings. The van der Waals surface area contributed by atoms with E-state index in [0.29, 0.717) is 6.42 Å². The zero-order valence-corrected chi connectivity index (χ0v) is 13.5. The Morgan fingerprint density at radius 2 is 1.89 bits per heavy atom. The van der Waals surface area contributed by atoms with E-state index in [1.54, 1.807) is 0 Å². The van der Waals surface area contributed by atoms with Crippen molar-refractivity contribution in [1.29, 1.82) is 0 Å². The number of para-hydroxylation sites is 1. The molecule has 0 saturated heterocycles. The van der Waals surface area contributed by atoms with Crippen molar-refractivity contribution >= 4 is 27.5 Å². The molecule has 0 heterocycles. The first-order valence-electron chi connectivity index (χ1n) is 7.18. The highest BCUT2D eigenvalue weighted by Crippen LogP contribution is 2.28. The number of carbonyl (C=O) groups is 1. The van der Waals surface area contributed by atoms with E-state index in [2.05, 4.69) is 35.1 Å². The number of hydrogen-bond donors (Lipinski definition) is 1. The smallest absolute Gasteiger partial charge is 0.224 e. The molecule has 0 saturated carbocycles. The summed E-state index contributed by atoms with van der Waals surface area (Å²) in [4.78, 5) is 12.1. The van der Waals surface area contributed by atoms with Gasteiger partial charge >= 0.3 is 0 Å². The lowest BCUT2D eigenvalue weighted by Crippen LogP contribution is -2.12. The summed E-state index contributed by atoms with van der Waals surface area (Å²) in [6, 6.07) is 7.95. The standard InChI is InChI=1S/C16H24BrNO/c1-3-4-5-6-7-12-16(19)18-15-11-9-8-10-14(15)13(2)17/h8-11,13H,3-7,12H2,1-2H3,(H,18,19). The van der Waals surface area contributed by atoms with Crippen molar-refractivity contribution < 1.29 is 4.79 Å². The maximum Gasteiger partial charge on any atom is 0.224 e. The highest BCUT2D eigenvalue weighted by Gasteiger charge is 2.09. The predicted molar refractivity (Wildman–Crippen MR) is 85.8 cm³/mol. The summed E-state index contributed by atoms with van der Waals surface area (Å²) in [5, 5.41) is 3.01. The van der Waals surface area contributed by atoms with Crippen LogP contribution in [-0.2, 0) is 4.79 Å². The Bertz CT molecular complexity index is 390. The second kappa shape index (κ2) is 9.13. The number of carbonyl (C=O) groups excluding carboxylic acids is 1. The maximum atomic E-state index is 11.9. The van der Waals surface area contributed by atoms with Crippen molar-refractivity contribution in [1.82, 2.24) is 0 Å². The molecule has 0 fully saturated rings. The Hall–Kier alpha value is -0.830. The van der Waals surface area contributed by atoms with Gasteiger partial charge in [-0.1, -0.05) is 66.7 Å². The highest BCUT2D eigenvalue weighted by molar-refractivity contribution is 9.09. The number of nitrogens with one attached hydrogen (secondary N) is 1. The number of halogens is 1. The van der Waals surface area contributed by atoms with Crippen LogP contribution in [-0.4, -0.2) is 5.91 Å². The third kappa shape index (κ3) is 6.24. The molecule has 1 rings (SSSR count). The summed E-state index contributed by atoms with van der Waals surface area (Å²) in [6.07, 6.45) is 6.50. The van der Waals surface area contributed by atoms with E-state index in [1.807, 2.05) is 24.3 Å². The predicted octanol–water partition coefficient (Wildman–Crippen LogP) is 5.44. The summed E-state index contributed by atoms with van der Waals surface area (Å²) in [6.45, 7) is 4.26. The molecule has 3 heteroatoms. The number of rotatable bonds is 8. The minimum absolute atomic E-state index is 0.122. The molecule has 0 spiro atoms. The lowest BCUT2D eigenvalue weighted by Gasteiger charge is -2.12. The quantitative estimate of drug-likeness (QED) is 0.500. The van der Waals surface area contributed by atoms with Crippen molar-refractivity contribution in [2.24, 2.45) is 0 Å². The normalized spacial score (nSPS) is 12.2. The third-order valence-electron chi connectivity index (χ3n) is 3.17. The number of benzene rings is 1. The Kier molecular flexibility index (Phi) is 7.80. The molecular weight excluding hydrogens is 302 g/mol. The zero-order chi connectivity index (χ0) is 14.1. The summed E-state index contributed by atoms with van der Waals surface area (Å²) < 4.78 is 0. The SMILES string of the molecule is CCCCCCCC(=O)Nc1ccccc1C(C)Br. The van der Waals surface area contributed by atoms with Gasteiger partial charge in [-0.25, -0.2) is 0 Å². The monoisotopic (exact) mass is 325 g/mol. The van der Waals surface area contributed by atoms with Crippen molar-refractivity contribution in [3.63, 3.8) is 0 Å². The van der Waals surface area contributed by atoms with Crippen LogP contribution in [0, 0.1) is 0 Å². The molecule has 0 aliphatic heterocycles. The lowest BCUT2D eigenvalue weighted by atomic mass is 10.1. The van der Waals surface area contributed by atoms with Gasteiger partial charge in [-0.15, -0.1) is 0 Å².